The van der Waals surface area contributed by atoms with Crippen LogP contribution in [0.1, 0.15) is 86.1 Å². The van der Waals surface area contributed by atoms with Gasteiger partial charge in [0.15, 0.2) is 0 Å². The molecular weight excluding hydrogens is 1220 g/mol. The van der Waals surface area contributed by atoms with Gasteiger partial charge in [0.2, 0.25) is 0 Å². The van der Waals surface area contributed by atoms with Crippen LogP contribution < -0.4 is 13.3 Å². The zero-order valence-electron chi connectivity index (χ0n) is 27.8. The van der Waals surface area contributed by atoms with Crippen molar-refractivity contribution < 1.29 is 13.3 Å². The maximum absolute atomic E-state index is 2.39. The molecule has 0 N–H and O–H groups in total. The second kappa shape index (κ2) is 35.6. The normalized spacial score (nSPS) is 10.1. The number of hydrogen-bond donors (Lipinski definition) is 0. The predicted molar refractivity (Wildman–Crippen MR) is 243 cm³/mol. The molecule has 0 nitrogen and oxygen atoms in total. The fourth-order valence-electron chi connectivity index (χ4n) is 3.97. The van der Waals surface area contributed by atoms with Gasteiger partial charge >= 0.3 is 50.5 Å². The number of hydrogen-bond acceptors (Lipinski definition) is 0. The quantitative estimate of drug-likeness (QED) is 0.176. The van der Waals surface area contributed by atoms with Gasteiger partial charge in [-0.2, -0.15) is 0 Å². The first-order chi connectivity index (χ1) is 21.0. The first-order valence-corrected chi connectivity index (χ1v) is 34.1. The molecular formula is C38H53I6-. The molecule has 0 heterocycles. The van der Waals surface area contributed by atoms with Crippen molar-refractivity contribution >= 4 is 98.4 Å². The zero-order chi connectivity index (χ0) is 32.9. The Labute approximate surface area is 341 Å². The van der Waals surface area contributed by atoms with Gasteiger partial charge in [0, 0.05) is 37.2 Å². The van der Waals surface area contributed by atoms with Crippen LogP contribution in [0.5, 0.6) is 0 Å². The Balaban J connectivity index is -0.000000525. The summed E-state index contributed by atoms with van der Waals surface area (Å²) in [7, 11) is 0. The number of halogens is 6. The molecule has 4 bridgehead atoms. The molecule has 248 valence electrons. The van der Waals surface area contributed by atoms with Crippen molar-refractivity contribution in [3.8, 4) is 0 Å². The first-order valence-electron chi connectivity index (χ1n) is 15.2. The van der Waals surface area contributed by atoms with Crippen molar-refractivity contribution in [1.82, 2.24) is 0 Å². The molecule has 0 atom stereocenters. The van der Waals surface area contributed by atoms with Gasteiger partial charge in [-0.05, 0) is 85.8 Å². The van der Waals surface area contributed by atoms with Gasteiger partial charge in [0.1, 0.15) is 0 Å². The largest absolute Gasteiger partial charge is 0.0588 e. The molecule has 0 unspecified atom stereocenters. The van der Waals surface area contributed by atoms with Gasteiger partial charge in [-0.3, -0.25) is 0 Å². The summed E-state index contributed by atoms with van der Waals surface area (Å²) in [5.41, 5.74) is 11.3. The molecule has 0 saturated carbocycles. The molecule has 6 heteroatoms. The first kappa shape index (κ1) is 49.6. The van der Waals surface area contributed by atoms with Gasteiger partial charge in [0.25, 0.3) is 0 Å². The van der Waals surface area contributed by atoms with Crippen LogP contribution in [-0.2, 0) is 38.5 Å². The average molecular weight is 1270 g/mol. The Bertz CT molecular complexity index is 987. The summed E-state index contributed by atoms with van der Waals surface area (Å²) in [6.07, 6.45) is 6.90. The molecule has 4 aromatic carbocycles. The van der Waals surface area contributed by atoms with E-state index in [1.807, 2.05) is 27.7 Å². The minimum atomic E-state index is 0. The van der Waals surface area contributed by atoms with Crippen LogP contribution in [0.4, 0.5) is 0 Å². The van der Waals surface area contributed by atoms with E-state index < -0.39 is 0 Å². The molecule has 0 saturated heterocycles. The van der Waals surface area contributed by atoms with E-state index in [1.165, 1.54) is 44.5 Å². The van der Waals surface area contributed by atoms with Crippen molar-refractivity contribution in [1.29, 1.82) is 0 Å². The molecule has 4 aliphatic carbocycles. The van der Waals surface area contributed by atoms with Crippen molar-refractivity contribution in [2.24, 2.45) is 0 Å². The molecule has 0 fully saturated rings. The minimum absolute atomic E-state index is 0. The fourth-order valence-corrected chi connectivity index (χ4v) is 3.97. The van der Waals surface area contributed by atoms with E-state index in [9.17, 15) is 0 Å². The summed E-state index contributed by atoms with van der Waals surface area (Å²) >= 11 is 9.54. The summed E-state index contributed by atoms with van der Waals surface area (Å²) in [5.74, 6) is 0. The Kier molecular flexibility index (Phi) is 40.1. The molecule has 8 rings (SSSR count). The Hall–Kier alpha value is 1.26. The zero-order valence-corrected chi connectivity index (χ0v) is 40.9. The third-order valence-corrected chi connectivity index (χ3v) is 6.51. The van der Waals surface area contributed by atoms with Crippen LogP contribution in [-0.4, -0.2) is 0 Å². The second-order valence-electron chi connectivity index (χ2n) is 9.37. The molecule has 0 radical (unpaired) electrons. The topological polar surface area (TPSA) is 0 Å². The Morgan fingerprint density at radius 1 is 0.455 bits per heavy atom. The second-order valence-corrected chi connectivity index (χ2v) is 25.6. The SMILES string of the molecule is CC.CC.CCc1ccc(CC)cc1.Cc1ccc(C)cc1.I.II.I[I-]I.c1cc2ccc1CCc1ccc(cc1)CC2. The third kappa shape index (κ3) is 25.3. The van der Waals surface area contributed by atoms with Gasteiger partial charge in [-0.1, -0.05) is 150 Å². The molecule has 0 aromatic heterocycles. The van der Waals surface area contributed by atoms with Crippen LogP contribution in [0, 0.1) is 13.8 Å². The predicted octanol–water partition coefficient (Wildman–Crippen LogP) is 11.9. The average Bonchev–Trinajstić information content (AvgIpc) is 3.08. The number of aryl methyl sites for hydroxylation is 8. The van der Waals surface area contributed by atoms with Gasteiger partial charge in [-0.15, -0.1) is 24.0 Å². The Morgan fingerprint density at radius 3 is 0.795 bits per heavy atom. The van der Waals surface area contributed by atoms with Crippen molar-refractivity contribution in [2.75, 3.05) is 0 Å². The maximum Gasteiger partial charge on any atom is -0.0238 e. The van der Waals surface area contributed by atoms with Crippen LogP contribution in [0.15, 0.2) is 97.1 Å². The van der Waals surface area contributed by atoms with E-state index in [0.717, 1.165) is 38.5 Å². The maximum atomic E-state index is 2.39. The van der Waals surface area contributed by atoms with Gasteiger partial charge in [0.05, 0.1) is 0 Å². The minimum Gasteiger partial charge on any atom is -0.0588 e. The molecule has 0 spiro atoms. The van der Waals surface area contributed by atoms with Crippen molar-refractivity contribution in [2.45, 2.75) is 93.9 Å². The van der Waals surface area contributed by atoms with Crippen molar-refractivity contribution in [3.05, 3.63) is 142 Å². The van der Waals surface area contributed by atoms with Crippen LogP contribution >= 0.6 is 98.4 Å². The van der Waals surface area contributed by atoms with E-state index in [4.69, 9.17) is 0 Å². The van der Waals surface area contributed by atoms with E-state index in [-0.39, 0.29) is 24.0 Å². The molecule has 4 aliphatic rings. The van der Waals surface area contributed by atoms with Crippen LogP contribution in [0.3, 0.4) is 0 Å². The monoisotopic (exact) mass is 1270 g/mol. The number of benzene rings is 4. The van der Waals surface area contributed by atoms with E-state index in [1.54, 1.807) is 0 Å². The Morgan fingerprint density at radius 2 is 0.636 bits per heavy atom. The van der Waals surface area contributed by atoms with Crippen LogP contribution in [0.2, 0.25) is 0 Å². The summed E-state index contributed by atoms with van der Waals surface area (Å²) in [6.45, 7) is 16.6. The van der Waals surface area contributed by atoms with Crippen LogP contribution in [0.25, 0.3) is 0 Å². The van der Waals surface area contributed by atoms with E-state index in [2.05, 4.69) is 199 Å². The molecule has 0 amide bonds. The summed E-state index contributed by atoms with van der Waals surface area (Å²) in [5, 5.41) is 0. The summed E-state index contributed by atoms with van der Waals surface area (Å²) < 4.78 is 0. The van der Waals surface area contributed by atoms with Gasteiger partial charge < -0.3 is 0 Å². The van der Waals surface area contributed by atoms with E-state index >= 15 is 0 Å². The smallest absolute Gasteiger partial charge is 0.0238 e. The third-order valence-electron chi connectivity index (χ3n) is 6.51. The summed E-state index contributed by atoms with van der Waals surface area (Å²) in [4.78, 5) is 0. The molecule has 4 aromatic rings. The molecule has 0 aliphatic heterocycles. The standard InChI is InChI=1S/C16H16.C10H14.C8H10.2C2H6.I3.I2.HI/c1-2-14-4-3-13(1)9-10-15-5-7-16(8-6-15)12-11-14;1-3-9-5-7-10(4-2)8-6-9;1-7-3-5-8(2)6-4-7;2*1-2;1-3-2;1-2;/h1-8H,9-12H2;5-8H,3-4H2,1-2H3;3-6H,1-2H3;2*1-2H3;;;1H/q;;;;;-1;;. The number of rotatable bonds is 2. The molecule has 44 heavy (non-hydrogen) atoms. The fraction of sp³-hybridized carbons (Fsp3) is 0.368. The van der Waals surface area contributed by atoms with Crippen molar-refractivity contribution in [3.63, 3.8) is 0 Å². The van der Waals surface area contributed by atoms with Gasteiger partial charge in [-0.25, -0.2) is 0 Å². The summed E-state index contributed by atoms with van der Waals surface area (Å²) in [6, 6.07) is 35.6. The van der Waals surface area contributed by atoms with E-state index in [0.29, 0.717) is 13.3 Å².